The van der Waals surface area contributed by atoms with E-state index in [0.29, 0.717) is 17.1 Å². The second-order valence-corrected chi connectivity index (χ2v) is 9.31. The normalized spacial score (nSPS) is 13.4. The molecule has 0 unspecified atom stereocenters. The lowest BCUT2D eigenvalue weighted by atomic mass is 9.74. The summed E-state index contributed by atoms with van der Waals surface area (Å²) in [5, 5.41) is 10.5. The Kier molecular flexibility index (Phi) is 4.65. The molecule has 5 nitrogen and oxygen atoms in total. The van der Waals surface area contributed by atoms with Gasteiger partial charge < -0.3 is 4.74 Å². The number of rotatable bonds is 2. The van der Waals surface area contributed by atoms with Crippen molar-refractivity contribution in [1.29, 1.82) is 5.26 Å². The number of benzene rings is 3. The monoisotopic (exact) mass is 454 g/mol. The molecule has 1 aliphatic rings. The average Bonchev–Trinajstić information content (AvgIpc) is 2.88. The molecule has 3 aromatic carbocycles. The summed E-state index contributed by atoms with van der Waals surface area (Å²) in [4.78, 5) is 14.6. The summed E-state index contributed by atoms with van der Waals surface area (Å²) in [6.45, 7) is 6.36. The summed E-state index contributed by atoms with van der Waals surface area (Å²) >= 11 is 0. The minimum absolute atomic E-state index is 0.358. The van der Waals surface area contributed by atoms with Crippen LogP contribution in [0, 0.1) is 18.3 Å². The molecule has 0 bridgehead atoms. The van der Waals surface area contributed by atoms with E-state index in [0.717, 1.165) is 50.3 Å². The quantitative estimate of drug-likeness (QED) is 0.288. The van der Waals surface area contributed by atoms with E-state index in [4.69, 9.17) is 14.7 Å². The lowest BCUT2D eigenvalue weighted by molar-refractivity contribution is 0.417. The van der Waals surface area contributed by atoms with Gasteiger partial charge in [-0.1, -0.05) is 50.2 Å². The van der Waals surface area contributed by atoms with Gasteiger partial charge in [-0.05, 0) is 48.9 Å². The highest BCUT2D eigenvalue weighted by molar-refractivity contribution is 5.93. The van der Waals surface area contributed by atoms with E-state index in [1.54, 1.807) is 12.3 Å². The van der Waals surface area contributed by atoms with E-state index in [2.05, 4.69) is 31.0 Å². The maximum Gasteiger partial charge on any atom is 0.160 e. The van der Waals surface area contributed by atoms with E-state index < -0.39 is 0 Å². The van der Waals surface area contributed by atoms with Gasteiger partial charge in [0.05, 0.1) is 16.8 Å². The minimum Gasteiger partial charge on any atom is -0.455 e. The topological polar surface area (TPSA) is 71.7 Å². The van der Waals surface area contributed by atoms with Crippen molar-refractivity contribution in [2.45, 2.75) is 26.2 Å². The van der Waals surface area contributed by atoms with Gasteiger partial charge in [0.25, 0.3) is 0 Å². The molecule has 0 N–H and O–H groups in total. The van der Waals surface area contributed by atoms with E-state index in [1.165, 1.54) is 0 Å². The Bertz CT molecular complexity index is 1680. The first-order valence-electron chi connectivity index (χ1n) is 11.5. The van der Waals surface area contributed by atoms with Gasteiger partial charge >= 0.3 is 0 Å². The standard InChI is InChI=1S/C30H22N4O/c1-18-8-7-15-32-26(18)27-21-10-4-5-12-24(21)33-29(34-27)19-13-14-25-23(16-19)30(2,3)22-11-6-9-20(17-31)28(22)35-25/h4-16H,1-3H3. The van der Waals surface area contributed by atoms with E-state index >= 15 is 0 Å². The Morgan fingerprint density at radius 1 is 0.857 bits per heavy atom. The third-order valence-corrected chi connectivity index (χ3v) is 6.77. The summed E-state index contributed by atoms with van der Waals surface area (Å²) in [5.74, 6) is 2.02. The van der Waals surface area contributed by atoms with Crippen molar-refractivity contribution >= 4 is 10.9 Å². The zero-order valence-electron chi connectivity index (χ0n) is 19.7. The van der Waals surface area contributed by atoms with Gasteiger partial charge in [0.2, 0.25) is 0 Å². The summed E-state index contributed by atoms with van der Waals surface area (Å²) in [6.07, 6.45) is 1.80. The lowest BCUT2D eigenvalue weighted by Crippen LogP contribution is -2.24. The van der Waals surface area contributed by atoms with Gasteiger partial charge in [-0.2, -0.15) is 5.26 Å². The van der Waals surface area contributed by atoms with Crippen molar-refractivity contribution in [1.82, 2.24) is 15.0 Å². The van der Waals surface area contributed by atoms with Gasteiger partial charge in [-0.3, -0.25) is 4.98 Å². The van der Waals surface area contributed by atoms with Crippen LogP contribution in [0.25, 0.3) is 33.7 Å². The lowest BCUT2D eigenvalue weighted by Gasteiger charge is -2.35. The number of aromatic nitrogens is 3. The molecule has 2 aromatic heterocycles. The molecule has 1 aliphatic heterocycles. The third kappa shape index (κ3) is 3.26. The van der Waals surface area contributed by atoms with Crippen LogP contribution in [0.3, 0.4) is 0 Å². The molecule has 3 heterocycles. The number of hydrogen-bond acceptors (Lipinski definition) is 5. The molecule has 0 saturated heterocycles. The molecular formula is C30H22N4O. The molecule has 5 heteroatoms. The Morgan fingerprint density at radius 2 is 1.71 bits per heavy atom. The SMILES string of the molecule is Cc1cccnc1-c1nc(-c2ccc3c(c2)C(C)(C)c2cccc(C#N)c2O3)nc2ccccc12. The summed E-state index contributed by atoms with van der Waals surface area (Å²) in [7, 11) is 0. The van der Waals surface area contributed by atoms with Crippen LogP contribution in [0.2, 0.25) is 0 Å². The Balaban J connectivity index is 1.55. The van der Waals surface area contributed by atoms with E-state index in [9.17, 15) is 5.26 Å². The van der Waals surface area contributed by atoms with Gasteiger partial charge in [-0.15, -0.1) is 0 Å². The Morgan fingerprint density at radius 3 is 2.54 bits per heavy atom. The van der Waals surface area contributed by atoms with Crippen LogP contribution in [0.4, 0.5) is 0 Å². The number of para-hydroxylation sites is 2. The molecule has 0 saturated carbocycles. The molecular weight excluding hydrogens is 432 g/mol. The smallest absolute Gasteiger partial charge is 0.160 e. The molecule has 0 aliphatic carbocycles. The van der Waals surface area contributed by atoms with Gasteiger partial charge in [-0.25, -0.2) is 9.97 Å². The van der Waals surface area contributed by atoms with E-state index in [1.807, 2.05) is 67.6 Å². The number of nitrogens with zero attached hydrogens (tertiary/aromatic N) is 4. The number of fused-ring (bicyclic) bond motifs is 3. The van der Waals surface area contributed by atoms with Crippen LogP contribution in [-0.4, -0.2) is 15.0 Å². The second-order valence-electron chi connectivity index (χ2n) is 9.31. The Hall–Kier alpha value is -4.56. The van der Waals surface area contributed by atoms with Gasteiger partial charge in [0.15, 0.2) is 5.82 Å². The fraction of sp³-hybridized carbons (Fsp3) is 0.133. The summed E-state index contributed by atoms with van der Waals surface area (Å²) < 4.78 is 6.23. The van der Waals surface area contributed by atoms with Gasteiger partial charge in [0, 0.05) is 33.7 Å². The van der Waals surface area contributed by atoms with Crippen molar-refractivity contribution in [2.75, 3.05) is 0 Å². The zero-order valence-corrected chi connectivity index (χ0v) is 19.7. The molecule has 6 rings (SSSR count). The molecule has 0 fully saturated rings. The third-order valence-electron chi connectivity index (χ3n) is 6.77. The zero-order chi connectivity index (χ0) is 24.2. The van der Waals surface area contributed by atoms with E-state index in [-0.39, 0.29) is 5.41 Å². The molecule has 0 amide bonds. The highest BCUT2D eigenvalue weighted by atomic mass is 16.5. The first-order chi connectivity index (χ1) is 17.0. The molecule has 0 spiro atoms. The predicted octanol–water partition coefficient (Wildman–Crippen LogP) is 6.97. The number of pyridine rings is 1. The fourth-order valence-electron chi connectivity index (χ4n) is 4.85. The first kappa shape index (κ1) is 21.0. The van der Waals surface area contributed by atoms with Crippen LogP contribution in [-0.2, 0) is 5.41 Å². The van der Waals surface area contributed by atoms with Crippen LogP contribution in [0.15, 0.2) is 79.0 Å². The van der Waals surface area contributed by atoms with Crippen molar-refractivity contribution < 1.29 is 4.74 Å². The summed E-state index contributed by atoms with van der Waals surface area (Å²) in [5.41, 5.74) is 6.72. The largest absolute Gasteiger partial charge is 0.455 e. The number of ether oxygens (including phenoxy) is 1. The summed E-state index contributed by atoms with van der Waals surface area (Å²) in [6, 6.07) is 26.0. The highest BCUT2D eigenvalue weighted by Gasteiger charge is 2.36. The maximum absolute atomic E-state index is 9.58. The predicted molar refractivity (Wildman–Crippen MR) is 136 cm³/mol. The van der Waals surface area contributed by atoms with Crippen molar-refractivity contribution in [3.8, 4) is 40.3 Å². The Labute approximate surface area is 203 Å². The fourth-order valence-corrected chi connectivity index (χ4v) is 4.85. The average molecular weight is 455 g/mol. The molecule has 0 atom stereocenters. The maximum atomic E-state index is 9.58. The van der Waals surface area contributed by atoms with Gasteiger partial charge in [0.1, 0.15) is 23.3 Å². The minimum atomic E-state index is -0.358. The van der Waals surface area contributed by atoms with Crippen LogP contribution >= 0.6 is 0 Å². The molecule has 5 aromatic rings. The number of aryl methyl sites for hydroxylation is 1. The van der Waals surface area contributed by atoms with Crippen molar-refractivity contribution in [3.63, 3.8) is 0 Å². The highest BCUT2D eigenvalue weighted by Crippen LogP contribution is 2.49. The van der Waals surface area contributed by atoms with Crippen molar-refractivity contribution in [2.24, 2.45) is 0 Å². The first-order valence-corrected chi connectivity index (χ1v) is 11.5. The van der Waals surface area contributed by atoms with Crippen molar-refractivity contribution in [3.05, 3.63) is 101 Å². The second kappa shape index (κ2) is 7.75. The van der Waals surface area contributed by atoms with Crippen LogP contribution in [0.1, 0.15) is 36.1 Å². The molecule has 35 heavy (non-hydrogen) atoms. The van der Waals surface area contributed by atoms with Crippen LogP contribution in [0.5, 0.6) is 11.5 Å². The number of hydrogen-bond donors (Lipinski definition) is 0. The number of nitriles is 1. The molecule has 168 valence electrons. The molecule has 0 radical (unpaired) electrons. The van der Waals surface area contributed by atoms with Crippen LogP contribution < -0.4 is 4.74 Å².